The van der Waals surface area contributed by atoms with Crippen molar-refractivity contribution in [1.82, 2.24) is 19.9 Å². The molecule has 4 aromatic carbocycles. The minimum absolute atomic E-state index is 0.899. The number of nitrogens with zero attached hydrogens (tertiary/aromatic N) is 4. The van der Waals surface area contributed by atoms with Gasteiger partial charge < -0.3 is 0 Å². The fraction of sp³-hybridized carbons (Fsp3) is 0. The highest BCUT2D eigenvalue weighted by Gasteiger charge is 2.11. The SMILES string of the molecule is Brc1ncc2ccc3cncc4ccc1c2c34.Brc1ncc2ccc3cncc4ccc1c2c34. The van der Waals surface area contributed by atoms with Crippen molar-refractivity contribution >= 4 is 96.5 Å². The maximum Gasteiger partial charge on any atom is 0.113 e. The molecular weight excluding hydrogens is 552 g/mol. The highest BCUT2D eigenvalue weighted by molar-refractivity contribution is 9.10. The lowest BCUT2D eigenvalue weighted by atomic mass is 9.98. The van der Waals surface area contributed by atoms with Crippen molar-refractivity contribution in [3.63, 3.8) is 0 Å². The summed E-state index contributed by atoms with van der Waals surface area (Å²) in [5, 5.41) is 14.5. The van der Waals surface area contributed by atoms with Gasteiger partial charge in [0, 0.05) is 102 Å². The van der Waals surface area contributed by atoms with E-state index in [4.69, 9.17) is 0 Å². The van der Waals surface area contributed by atoms with E-state index in [2.05, 4.69) is 100 Å². The molecule has 4 heterocycles. The van der Waals surface area contributed by atoms with Crippen LogP contribution in [-0.4, -0.2) is 19.9 Å². The zero-order chi connectivity index (χ0) is 22.8. The molecule has 0 atom stereocenters. The smallest absolute Gasteiger partial charge is 0.113 e. The first-order valence-electron chi connectivity index (χ1n) is 10.7. The standard InChI is InChI=1S/2C14H7BrN2/c2*15-14-11-4-3-9-6-16-5-8-1-2-10(7-17-14)13(11)12(8)9/h2*1-7H. The Balaban J connectivity index is 0.000000118. The Bertz CT molecular complexity index is 1820. The van der Waals surface area contributed by atoms with Crippen LogP contribution in [0.5, 0.6) is 0 Å². The van der Waals surface area contributed by atoms with Crippen LogP contribution in [0.3, 0.4) is 0 Å². The molecule has 0 bridgehead atoms. The number of pyridine rings is 4. The van der Waals surface area contributed by atoms with E-state index in [0.29, 0.717) is 0 Å². The summed E-state index contributed by atoms with van der Waals surface area (Å²) in [6, 6.07) is 16.8. The molecule has 0 N–H and O–H groups in total. The highest BCUT2D eigenvalue weighted by atomic mass is 79.9. The van der Waals surface area contributed by atoms with Gasteiger partial charge in [-0.3, -0.25) is 9.97 Å². The lowest BCUT2D eigenvalue weighted by Gasteiger charge is -2.10. The molecule has 0 radical (unpaired) electrons. The zero-order valence-corrected chi connectivity index (χ0v) is 20.8. The number of aromatic nitrogens is 4. The topological polar surface area (TPSA) is 51.6 Å². The molecule has 6 heteroatoms. The van der Waals surface area contributed by atoms with E-state index >= 15 is 0 Å². The number of hydrogen-bond acceptors (Lipinski definition) is 4. The summed E-state index contributed by atoms with van der Waals surface area (Å²) in [5.74, 6) is 0. The third-order valence-electron chi connectivity index (χ3n) is 6.45. The third kappa shape index (κ3) is 2.89. The van der Waals surface area contributed by atoms with Crippen LogP contribution in [-0.2, 0) is 0 Å². The van der Waals surface area contributed by atoms with Crippen LogP contribution in [0.1, 0.15) is 0 Å². The molecule has 0 aliphatic rings. The summed E-state index contributed by atoms with van der Waals surface area (Å²) >= 11 is 7.03. The number of rotatable bonds is 0. The normalized spacial score (nSPS) is 11.8. The minimum atomic E-state index is 0.899. The molecular formula is C28H14Br2N4. The van der Waals surface area contributed by atoms with Crippen LogP contribution in [0, 0.1) is 0 Å². The maximum absolute atomic E-state index is 4.36. The Morgan fingerprint density at radius 1 is 0.382 bits per heavy atom. The predicted octanol–water partition coefficient (Wildman–Crippen LogP) is 8.27. The molecule has 4 nitrogen and oxygen atoms in total. The van der Waals surface area contributed by atoms with Gasteiger partial charge >= 0.3 is 0 Å². The van der Waals surface area contributed by atoms with Crippen LogP contribution < -0.4 is 0 Å². The highest BCUT2D eigenvalue weighted by Crippen LogP contribution is 2.37. The van der Waals surface area contributed by atoms with Crippen molar-refractivity contribution in [3.8, 4) is 0 Å². The van der Waals surface area contributed by atoms with E-state index in [1.807, 2.05) is 37.2 Å². The van der Waals surface area contributed by atoms with Gasteiger partial charge in [0.2, 0.25) is 0 Å². The molecule has 0 fully saturated rings. The van der Waals surface area contributed by atoms with Crippen molar-refractivity contribution in [3.05, 3.63) is 94.9 Å². The molecule has 160 valence electrons. The van der Waals surface area contributed by atoms with E-state index in [1.165, 1.54) is 53.9 Å². The Morgan fingerprint density at radius 2 is 0.706 bits per heavy atom. The van der Waals surface area contributed by atoms with Crippen molar-refractivity contribution < 1.29 is 0 Å². The van der Waals surface area contributed by atoms with Crippen LogP contribution in [0.15, 0.2) is 94.9 Å². The van der Waals surface area contributed by atoms with Gasteiger partial charge in [-0.1, -0.05) is 48.5 Å². The molecule has 0 unspecified atom stereocenters. The first-order chi connectivity index (χ1) is 16.7. The summed E-state index contributed by atoms with van der Waals surface area (Å²) in [7, 11) is 0. The average molecular weight is 566 g/mol. The molecule has 0 aliphatic carbocycles. The monoisotopic (exact) mass is 564 g/mol. The van der Waals surface area contributed by atoms with Crippen LogP contribution in [0.2, 0.25) is 0 Å². The molecule has 0 spiro atoms. The van der Waals surface area contributed by atoms with Gasteiger partial charge in [-0.05, 0) is 31.9 Å². The summed E-state index contributed by atoms with van der Waals surface area (Å²) in [6.45, 7) is 0. The van der Waals surface area contributed by atoms with E-state index in [0.717, 1.165) is 20.0 Å². The molecule has 0 saturated heterocycles. The predicted molar refractivity (Wildman–Crippen MR) is 147 cm³/mol. The fourth-order valence-corrected chi connectivity index (χ4v) is 5.79. The van der Waals surface area contributed by atoms with Crippen molar-refractivity contribution in [2.45, 2.75) is 0 Å². The van der Waals surface area contributed by atoms with E-state index in [-0.39, 0.29) is 0 Å². The summed E-state index contributed by atoms with van der Waals surface area (Å²) in [5.41, 5.74) is 0. The summed E-state index contributed by atoms with van der Waals surface area (Å²) in [6.07, 6.45) is 11.5. The zero-order valence-electron chi connectivity index (χ0n) is 17.6. The summed E-state index contributed by atoms with van der Waals surface area (Å²) in [4.78, 5) is 17.3. The largest absolute Gasteiger partial charge is 0.263 e. The molecule has 8 aromatic rings. The quantitative estimate of drug-likeness (QED) is 0.137. The first kappa shape index (κ1) is 19.9. The van der Waals surface area contributed by atoms with Gasteiger partial charge in [0.05, 0.1) is 0 Å². The Kier molecular flexibility index (Phi) is 4.41. The Morgan fingerprint density at radius 3 is 1.09 bits per heavy atom. The Hall–Kier alpha value is -3.48. The summed E-state index contributed by atoms with van der Waals surface area (Å²) < 4.78 is 1.80. The van der Waals surface area contributed by atoms with Gasteiger partial charge in [-0.25, -0.2) is 9.97 Å². The third-order valence-corrected chi connectivity index (χ3v) is 7.71. The van der Waals surface area contributed by atoms with Crippen LogP contribution in [0.25, 0.3) is 64.6 Å². The van der Waals surface area contributed by atoms with Gasteiger partial charge in [0.1, 0.15) is 9.21 Å². The average Bonchev–Trinajstić information content (AvgIpc) is 2.88. The number of halogens is 2. The molecule has 0 aliphatic heterocycles. The number of hydrogen-bond donors (Lipinski definition) is 0. The van der Waals surface area contributed by atoms with E-state index in [1.54, 1.807) is 0 Å². The second-order valence-electron chi connectivity index (χ2n) is 8.31. The van der Waals surface area contributed by atoms with E-state index < -0.39 is 0 Å². The van der Waals surface area contributed by atoms with Gasteiger partial charge in [-0.15, -0.1) is 0 Å². The van der Waals surface area contributed by atoms with Gasteiger partial charge in [-0.2, -0.15) is 0 Å². The van der Waals surface area contributed by atoms with Crippen LogP contribution in [0.4, 0.5) is 0 Å². The van der Waals surface area contributed by atoms with E-state index in [9.17, 15) is 0 Å². The second kappa shape index (κ2) is 7.52. The number of benzene rings is 4. The lowest BCUT2D eigenvalue weighted by molar-refractivity contribution is 1.33. The minimum Gasteiger partial charge on any atom is -0.263 e. The second-order valence-corrected chi connectivity index (χ2v) is 9.81. The molecule has 34 heavy (non-hydrogen) atoms. The van der Waals surface area contributed by atoms with Gasteiger partial charge in [0.25, 0.3) is 0 Å². The fourth-order valence-electron chi connectivity index (χ4n) is 4.93. The molecule has 0 amide bonds. The van der Waals surface area contributed by atoms with Crippen molar-refractivity contribution in [1.29, 1.82) is 0 Å². The van der Waals surface area contributed by atoms with Crippen molar-refractivity contribution in [2.75, 3.05) is 0 Å². The lowest BCUT2D eigenvalue weighted by Crippen LogP contribution is -1.87. The maximum atomic E-state index is 4.36. The first-order valence-corrected chi connectivity index (χ1v) is 12.3. The van der Waals surface area contributed by atoms with Crippen LogP contribution >= 0.6 is 31.9 Å². The van der Waals surface area contributed by atoms with Gasteiger partial charge in [0.15, 0.2) is 0 Å². The Labute approximate surface area is 210 Å². The molecule has 0 saturated carbocycles. The molecule has 4 aromatic heterocycles. The van der Waals surface area contributed by atoms with Crippen molar-refractivity contribution in [2.24, 2.45) is 0 Å². The molecule has 8 rings (SSSR count).